The van der Waals surface area contributed by atoms with Gasteiger partial charge in [-0.1, -0.05) is 31.8 Å². The van der Waals surface area contributed by atoms with E-state index in [1.807, 2.05) is 13.8 Å². The average Bonchev–Trinajstić information content (AvgIpc) is 2.58. The first-order chi connectivity index (χ1) is 12.0. The highest BCUT2D eigenvalue weighted by atomic mass is 16.7. The summed E-state index contributed by atoms with van der Waals surface area (Å²) >= 11 is 0. The molecule has 25 heavy (non-hydrogen) atoms. The Morgan fingerprint density at radius 1 is 1.20 bits per heavy atom. The number of carbonyl (C=O) groups excluding carboxylic acids is 1. The fraction of sp³-hybridized carbons (Fsp3) is 0.938. The molecule has 0 aromatic rings. The van der Waals surface area contributed by atoms with Crippen LogP contribution in [0.3, 0.4) is 0 Å². The molecule has 1 aliphatic heterocycles. The van der Waals surface area contributed by atoms with Crippen molar-refractivity contribution in [3.63, 3.8) is 0 Å². The summed E-state index contributed by atoms with van der Waals surface area (Å²) in [6.45, 7) is 6.21. The molecule has 5 atom stereocenters. The first-order valence-corrected chi connectivity index (χ1v) is 8.79. The third-order valence-corrected chi connectivity index (χ3v) is 3.89. The first-order valence-electron chi connectivity index (χ1n) is 8.79. The summed E-state index contributed by atoms with van der Waals surface area (Å²) in [4.78, 5) is 13.9. The Kier molecular flexibility index (Phi) is 10.4. The summed E-state index contributed by atoms with van der Waals surface area (Å²) in [5.74, 6) is -0.453. The zero-order valence-electron chi connectivity index (χ0n) is 15.2. The summed E-state index contributed by atoms with van der Waals surface area (Å²) in [5.41, 5.74) is 8.79. The Morgan fingerprint density at radius 2 is 1.80 bits per heavy atom. The molecule has 0 radical (unpaired) electrons. The van der Waals surface area contributed by atoms with Crippen LogP contribution < -0.4 is 0 Å². The van der Waals surface area contributed by atoms with Gasteiger partial charge < -0.3 is 24.1 Å². The molecule has 1 rings (SSSR count). The van der Waals surface area contributed by atoms with Crippen LogP contribution in [0, 0.1) is 0 Å². The van der Waals surface area contributed by atoms with Crippen LogP contribution in [0.4, 0.5) is 0 Å². The maximum atomic E-state index is 11.1. The van der Waals surface area contributed by atoms with Crippen LogP contribution in [-0.2, 0) is 23.7 Å². The van der Waals surface area contributed by atoms with E-state index in [-0.39, 0.29) is 6.61 Å². The summed E-state index contributed by atoms with van der Waals surface area (Å²) < 4.78 is 22.3. The number of aliphatic hydroxyl groups is 1. The molecule has 1 fully saturated rings. The highest BCUT2D eigenvalue weighted by molar-refractivity contribution is 5.65. The predicted octanol–water partition coefficient (Wildman–Crippen LogP) is 2.32. The quantitative estimate of drug-likeness (QED) is 0.198. The second-order valence-corrected chi connectivity index (χ2v) is 5.94. The van der Waals surface area contributed by atoms with Gasteiger partial charge in [0.1, 0.15) is 24.9 Å². The summed E-state index contributed by atoms with van der Waals surface area (Å²) in [7, 11) is 0. The molecular weight excluding hydrogens is 330 g/mol. The van der Waals surface area contributed by atoms with Crippen molar-refractivity contribution in [1.29, 1.82) is 0 Å². The minimum absolute atomic E-state index is 0.0696. The van der Waals surface area contributed by atoms with Gasteiger partial charge in [-0.05, 0) is 18.4 Å². The van der Waals surface area contributed by atoms with Gasteiger partial charge in [-0.3, -0.25) is 4.79 Å². The highest BCUT2D eigenvalue weighted by Crippen LogP contribution is 2.28. The van der Waals surface area contributed by atoms with Gasteiger partial charge in [0.2, 0.25) is 0 Å². The van der Waals surface area contributed by atoms with Crippen molar-refractivity contribution in [1.82, 2.24) is 0 Å². The van der Waals surface area contributed by atoms with Crippen LogP contribution in [0.2, 0.25) is 0 Å². The smallest absolute Gasteiger partial charge is 0.302 e. The van der Waals surface area contributed by atoms with Gasteiger partial charge in [0.25, 0.3) is 0 Å². The molecule has 0 aromatic carbocycles. The number of azide groups is 1. The largest absolute Gasteiger partial charge is 0.463 e. The van der Waals surface area contributed by atoms with Gasteiger partial charge in [0, 0.05) is 25.0 Å². The van der Waals surface area contributed by atoms with Crippen LogP contribution in [-0.4, -0.2) is 61.5 Å². The van der Waals surface area contributed by atoms with Gasteiger partial charge in [0.05, 0.1) is 6.10 Å². The molecule has 144 valence electrons. The Bertz CT molecular complexity index is 444. The SMILES string of the molecule is CCCCOC1C(N=[N+]=[N-])C(O)OC(COC(C)=O)[C@H]1OCCCC. The molecule has 0 saturated carbocycles. The van der Waals surface area contributed by atoms with Crippen LogP contribution in [0.25, 0.3) is 10.4 Å². The third-order valence-electron chi connectivity index (χ3n) is 3.89. The number of rotatable bonds is 11. The lowest BCUT2D eigenvalue weighted by Crippen LogP contribution is -2.60. The molecule has 9 heteroatoms. The minimum Gasteiger partial charge on any atom is -0.463 e. The Hall–Kier alpha value is -1.38. The lowest BCUT2D eigenvalue weighted by Gasteiger charge is -2.43. The molecule has 9 nitrogen and oxygen atoms in total. The van der Waals surface area contributed by atoms with Crippen molar-refractivity contribution in [3.05, 3.63) is 10.4 Å². The predicted molar refractivity (Wildman–Crippen MR) is 89.7 cm³/mol. The topological polar surface area (TPSA) is 123 Å². The standard InChI is InChI=1S/C16H29N3O6/c1-4-6-8-22-14-12(10-24-11(3)20)25-16(21)13(18-19-17)15(14)23-9-7-5-2/h12-16,21H,4-10H2,1-3H3/t12?,13?,14-,15?,16?/m1/s1. The van der Waals surface area contributed by atoms with Gasteiger partial charge in [-0.25, -0.2) is 0 Å². The van der Waals surface area contributed by atoms with Crippen molar-refractivity contribution in [2.45, 2.75) is 77.1 Å². The molecule has 0 bridgehead atoms. The molecule has 1 aliphatic rings. The minimum atomic E-state index is -1.35. The highest BCUT2D eigenvalue weighted by Gasteiger charge is 2.47. The summed E-state index contributed by atoms with van der Waals surface area (Å²) in [6, 6.07) is -0.929. The lowest BCUT2D eigenvalue weighted by atomic mass is 9.97. The molecule has 1 N–H and O–H groups in total. The van der Waals surface area contributed by atoms with Crippen molar-refractivity contribution in [3.8, 4) is 0 Å². The number of esters is 1. The zero-order chi connectivity index (χ0) is 18.7. The Labute approximate surface area is 148 Å². The van der Waals surface area contributed by atoms with Gasteiger partial charge in [0.15, 0.2) is 6.29 Å². The van der Waals surface area contributed by atoms with Crippen LogP contribution in [0.5, 0.6) is 0 Å². The van der Waals surface area contributed by atoms with Crippen LogP contribution in [0.15, 0.2) is 5.11 Å². The average molecular weight is 359 g/mol. The Balaban J connectivity index is 2.95. The van der Waals surface area contributed by atoms with Crippen molar-refractivity contribution >= 4 is 5.97 Å². The molecule has 0 aliphatic carbocycles. The number of carbonyl (C=O) groups is 1. The number of unbranched alkanes of at least 4 members (excludes halogenated alkanes) is 2. The fourth-order valence-corrected chi connectivity index (χ4v) is 2.54. The van der Waals surface area contributed by atoms with Crippen molar-refractivity contribution < 1.29 is 28.8 Å². The maximum Gasteiger partial charge on any atom is 0.302 e. The van der Waals surface area contributed by atoms with E-state index in [9.17, 15) is 9.90 Å². The summed E-state index contributed by atoms with van der Waals surface area (Å²) in [5, 5.41) is 13.8. The fourth-order valence-electron chi connectivity index (χ4n) is 2.54. The van der Waals surface area contributed by atoms with Gasteiger partial charge >= 0.3 is 5.97 Å². The third kappa shape index (κ3) is 7.17. The van der Waals surface area contributed by atoms with Gasteiger partial charge in [-0.15, -0.1) is 0 Å². The lowest BCUT2D eigenvalue weighted by molar-refractivity contribution is -0.268. The van der Waals surface area contributed by atoms with Crippen molar-refractivity contribution in [2.75, 3.05) is 19.8 Å². The number of ether oxygens (including phenoxy) is 4. The van der Waals surface area contributed by atoms with E-state index >= 15 is 0 Å². The molecule has 0 amide bonds. The normalized spacial score (nSPS) is 29.0. The monoisotopic (exact) mass is 359 g/mol. The van der Waals surface area contributed by atoms with E-state index in [1.54, 1.807) is 0 Å². The van der Waals surface area contributed by atoms with Gasteiger partial charge in [-0.2, -0.15) is 0 Å². The molecule has 1 heterocycles. The number of aliphatic hydroxyl groups excluding tert-OH is 1. The molecule has 0 spiro atoms. The second-order valence-electron chi connectivity index (χ2n) is 5.94. The maximum absolute atomic E-state index is 11.1. The van der Waals surface area contributed by atoms with E-state index in [4.69, 9.17) is 24.5 Å². The van der Waals surface area contributed by atoms with E-state index < -0.39 is 36.6 Å². The molecule has 1 saturated heterocycles. The second kappa shape index (κ2) is 12.1. The van der Waals surface area contributed by atoms with Crippen molar-refractivity contribution in [2.24, 2.45) is 5.11 Å². The number of hydrogen-bond donors (Lipinski definition) is 1. The number of nitrogens with zero attached hydrogens (tertiary/aromatic N) is 3. The van der Waals surface area contributed by atoms with E-state index in [2.05, 4.69) is 10.0 Å². The van der Waals surface area contributed by atoms with E-state index in [0.717, 1.165) is 25.7 Å². The molecule has 4 unspecified atom stereocenters. The number of hydrogen-bond acceptors (Lipinski definition) is 7. The Morgan fingerprint density at radius 3 is 2.32 bits per heavy atom. The van der Waals surface area contributed by atoms with E-state index in [0.29, 0.717) is 13.2 Å². The molecule has 0 aromatic heterocycles. The van der Waals surface area contributed by atoms with E-state index in [1.165, 1.54) is 6.92 Å². The van der Waals surface area contributed by atoms with Crippen LogP contribution in [0.1, 0.15) is 46.5 Å². The first kappa shape index (κ1) is 21.7. The summed E-state index contributed by atoms with van der Waals surface area (Å²) in [6.07, 6.45) is 0.217. The van der Waals surface area contributed by atoms with Crippen LogP contribution >= 0.6 is 0 Å². The molecular formula is C16H29N3O6. The zero-order valence-corrected chi connectivity index (χ0v) is 15.2.